The van der Waals surface area contributed by atoms with Gasteiger partial charge in [0, 0.05) is 17.4 Å². The van der Waals surface area contributed by atoms with Gasteiger partial charge in [0.05, 0.1) is 12.2 Å². The number of rotatable bonds is 4. The standard InChI is InChI=1S/C22H21N3O3/c1-14-5-10-19-20(13-27-21(19)15(14)2)25-22(26)24-16-6-8-17(9-7-16)28-18-4-3-11-23-12-18/h3-12,20H,13H2,1-2H3,(H2,24,25,26). The van der Waals surface area contributed by atoms with Gasteiger partial charge < -0.3 is 20.1 Å². The van der Waals surface area contributed by atoms with Gasteiger partial charge in [0.25, 0.3) is 0 Å². The highest BCUT2D eigenvalue weighted by molar-refractivity contribution is 5.89. The molecule has 0 saturated heterocycles. The number of fused-ring (bicyclic) bond motifs is 1. The van der Waals surface area contributed by atoms with Crippen LogP contribution in [0.1, 0.15) is 22.7 Å². The molecule has 6 nitrogen and oxygen atoms in total. The Balaban J connectivity index is 1.37. The van der Waals surface area contributed by atoms with Crippen molar-refractivity contribution in [1.29, 1.82) is 0 Å². The van der Waals surface area contributed by atoms with Crippen LogP contribution in [-0.4, -0.2) is 17.6 Å². The van der Waals surface area contributed by atoms with Crippen LogP contribution in [0.2, 0.25) is 0 Å². The summed E-state index contributed by atoms with van der Waals surface area (Å²) in [6.07, 6.45) is 3.33. The van der Waals surface area contributed by atoms with Gasteiger partial charge >= 0.3 is 6.03 Å². The van der Waals surface area contributed by atoms with Crippen molar-refractivity contribution < 1.29 is 14.3 Å². The minimum Gasteiger partial charge on any atom is -0.490 e. The number of aryl methyl sites for hydroxylation is 1. The summed E-state index contributed by atoms with van der Waals surface area (Å²) >= 11 is 0. The highest BCUT2D eigenvalue weighted by atomic mass is 16.5. The van der Waals surface area contributed by atoms with Gasteiger partial charge in [-0.15, -0.1) is 0 Å². The average molecular weight is 375 g/mol. The molecule has 0 aliphatic carbocycles. The zero-order valence-corrected chi connectivity index (χ0v) is 15.7. The first-order valence-corrected chi connectivity index (χ1v) is 9.08. The van der Waals surface area contributed by atoms with Gasteiger partial charge in [0.2, 0.25) is 0 Å². The smallest absolute Gasteiger partial charge is 0.319 e. The maximum atomic E-state index is 12.4. The van der Waals surface area contributed by atoms with E-state index < -0.39 is 0 Å². The van der Waals surface area contributed by atoms with Crippen LogP contribution in [-0.2, 0) is 0 Å². The lowest BCUT2D eigenvalue weighted by Crippen LogP contribution is -2.33. The van der Waals surface area contributed by atoms with Crippen LogP contribution in [0.4, 0.5) is 10.5 Å². The Hall–Kier alpha value is -3.54. The summed E-state index contributed by atoms with van der Waals surface area (Å²) < 4.78 is 11.5. The summed E-state index contributed by atoms with van der Waals surface area (Å²) in [6, 6.07) is 14.4. The number of hydrogen-bond donors (Lipinski definition) is 2. The Morgan fingerprint density at radius 2 is 1.93 bits per heavy atom. The number of hydrogen-bond acceptors (Lipinski definition) is 4. The summed E-state index contributed by atoms with van der Waals surface area (Å²) in [5.41, 5.74) is 3.98. The summed E-state index contributed by atoms with van der Waals surface area (Å²) in [7, 11) is 0. The van der Waals surface area contributed by atoms with Gasteiger partial charge in [-0.3, -0.25) is 4.98 Å². The maximum Gasteiger partial charge on any atom is 0.319 e. The van der Waals surface area contributed by atoms with E-state index in [4.69, 9.17) is 9.47 Å². The number of amides is 2. The monoisotopic (exact) mass is 375 g/mol. The number of carbonyl (C=O) groups is 1. The fourth-order valence-electron chi connectivity index (χ4n) is 3.13. The molecule has 2 N–H and O–H groups in total. The third-order valence-corrected chi connectivity index (χ3v) is 4.76. The number of anilines is 1. The van der Waals surface area contributed by atoms with Crippen molar-refractivity contribution in [1.82, 2.24) is 10.3 Å². The number of benzene rings is 2. The van der Waals surface area contributed by atoms with Crippen molar-refractivity contribution >= 4 is 11.7 Å². The first kappa shape index (κ1) is 17.9. The molecule has 0 fully saturated rings. The normalized spacial score (nSPS) is 14.7. The number of nitrogens with one attached hydrogen (secondary N) is 2. The van der Waals surface area contributed by atoms with Crippen LogP contribution in [0.3, 0.4) is 0 Å². The fourth-order valence-corrected chi connectivity index (χ4v) is 3.13. The van der Waals surface area contributed by atoms with Gasteiger partial charge in [-0.25, -0.2) is 4.79 Å². The molecule has 1 aromatic heterocycles. The van der Waals surface area contributed by atoms with Crippen LogP contribution in [0, 0.1) is 13.8 Å². The first-order valence-electron chi connectivity index (χ1n) is 9.08. The second-order valence-corrected chi connectivity index (χ2v) is 6.70. The minimum absolute atomic E-state index is 0.164. The van der Waals surface area contributed by atoms with Crippen LogP contribution in [0.15, 0.2) is 60.9 Å². The zero-order valence-electron chi connectivity index (χ0n) is 15.7. The molecule has 0 bridgehead atoms. The second kappa shape index (κ2) is 7.60. The Kier molecular flexibility index (Phi) is 4.85. The molecule has 2 aromatic carbocycles. The lowest BCUT2D eigenvalue weighted by molar-refractivity contribution is 0.243. The van der Waals surface area contributed by atoms with E-state index in [1.807, 2.05) is 32.0 Å². The fraction of sp³-hybridized carbons (Fsp3) is 0.182. The molecule has 0 radical (unpaired) electrons. The van der Waals surface area contributed by atoms with Crippen molar-refractivity contribution in [3.8, 4) is 17.2 Å². The predicted octanol–water partition coefficient (Wildman–Crippen LogP) is 4.75. The molecule has 1 atom stereocenters. The van der Waals surface area contributed by atoms with Crippen molar-refractivity contribution in [2.45, 2.75) is 19.9 Å². The molecule has 1 aliphatic heterocycles. The SMILES string of the molecule is Cc1ccc2c(c1C)OCC2NC(=O)Nc1ccc(Oc2cccnc2)cc1. The molecule has 6 heteroatoms. The maximum absolute atomic E-state index is 12.4. The van der Waals surface area contributed by atoms with E-state index in [2.05, 4.69) is 21.7 Å². The topological polar surface area (TPSA) is 72.5 Å². The average Bonchev–Trinajstić information content (AvgIpc) is 3.10. The van der Waals surface area contributed by atoms with Crippen LogP contribution in [0.25, 0.3) is 0 Å². The molecule has 1 aliphatic rings. The zero-order chi connectivity index (χ0) is 19.5. The number of ether oxygens (including phenoxy) is 2. The summed E-state index contributed by atoms with van der Waals surface area (Å²) in [5.74, 6) is 2.21. The molecule has 2 heterocycles. The molecule has 28 heavy (non-hydrogen) atoms. The van der Waals surface area contributed by atoms with E-state index in [-0.39, 0.29) is 12.1 Å². The number of carbonyl (C=O) groups excluding carboxylic acids is 1. The van der Waals surface area contributed by atoms with E-state index >= 15 is 0 Å². The number of aromatic nitrogens is 1. The van der Waals surface area contributed by atoms with Gasteiger partial charge in [0.15, 0.2) is 0 Å². The van der Waals surface area contributed by atoms with E-state index in [9.17, 15) is 4.79 Å². The molecule has 142 valence electrons. The van der Waals surface area contributed by atoms with Crippen LogP contribution >= 0.6 is 0 Å². The molecule has 0 spiro atoms. The lowest BCUT2D eigenvalue weighted by Gasteiger charge is -2.14. The van der Waals surface area contributed by atoms with E-state index in [1.54, 1.807) is 36.7 Å². The van der Waals surface area contributed by atoms with Gasteiger partial charge in [-0.05, 0) is 61.4 Å². The lowest BCUT2D eigenvalue weighted by atomic mass is 10.0. The molecule has 3 aromatic rings. The van der Waals surface area contributed by atoms with Crippen molar-refractivity contribution in [2.75, 3.05) is 11.9 Å². The number of pyridine rings is 1. The van der Waals surface area contributed by atoms with Crippen molar-refractivity contribution in [2.24, 2.45) is 0 Å². The third kappa shape index (κ3) is 3.76. The minimum atomic E-state index is -0.277. The molecular weight excluding hydrogens is 354 g/mol. The second-order valence-electron chi connectivity index (χ2n) is 6.70. The predicted molar refractivity (Wildman–Crippen MR) is 107 cm³/mol. The number of nitrogens with zero attached hydrogens (tertiary/aromatic N) is 1. The molecule has 1 unspecified atom stereocenters. The highest BCUT2D eigenvalue weighted by Crippen LogP contribution is 2.36. The first-order chi connectivity index (χ1) is 13.6. The van der Waals surface area contributed by atoms with E-state index in [1.165, 1.54) is 5.56 Å². The Morgan fingerprint density at radius 3 is 2.68 bits per heavy atom. The largest absolute Gasteiger partial charge is 0.490 e. The summed E-state index contributed by atoms with van der Waals surface area (Å²) in [6.45, 7) is 4.52. The van der Waals surface area contributed by atoms with Gasteiger partial charge in [-0.1, -0.05) is 12.1 Å². The summed E-state index contributed by atoms with van der Waals surface area (Å²) in [5, 5.41) is 5.81. The third-order valence-electron chi connectivity index (χ3n) is 4.76. The molecule has 4 rings (SSSR count). The van der Waals surface area contributed by atoms with Crippen LogP contribution < -0.4 is 20.1 Å². The summed E-state index contributed by atoms with van der Waals surface area (Å²) in [4.78, 5) is 16.4. The highest BCUT2D eigenvalue weighted by Gasteiger charge is 2.27. The van der Waals surface area contributed by atoms with Crippen LogP contribution in [0.5, 0.6) is 17.2 Å². The van der Waals surface area contributed by atoms with Gasteiger partial charge in [-0.2, -0.15) is 0 Å². The van der Waals surface area contributed by atoms with E-state index in [0.29, 0.717) is 23.8 Å². The Morgan fingerprint density at radius 1 is 1.11 bits per heavy atom. The number of urea groups is 1. The van der Waals surface area contributed by atoms with Crippen molar-refractivity contribution in [3.05, 3.63) is 77.6 Å². The Labute approximate surface area is 163 Å². The molecular formula is C22H21N3O3. The quantitative estimate of drug-likeness (QED) is 0.690. The Bertz CT molecular complexity index is 988. The van der Waals surface area contributed by atoms with Gasteiger partial charge in [0.1, 0.15) is 23.9 Å². The van der Waals surface area contributed by atoms with E-state index in [0.717, 1.165) is 16.9 Å². The van der Waals surface area contributed by atoms with Crippen molar-refractivity contribution in [3.63, 3.8) is 0 Å². The molecule has 0 saturated carbocycles. The molecule has 2 amide bonds.